The molecule has 0 aliphatic carbocycles. The first-order valence-corrected chi connectivity index (χ1v) is 5.10. The maximum absolute atomic E-state index is 11.4. The number of likely N-dealkylation sites (N-methyl/N-ethyl adjacent to an activating group) is 1. The van der Waals surface area contributed by atoms with Crippen LogP contribution in [-0.2, 0) is 4.79 Å². The van der Waals surface area contributed by atoms with Gasteiger partial charge in [-0.2, -0.15) is 0 Å². The lowest BCUT2D eigenvalue weighted by Gasteiger charge is -2.23. The zero-order valence-corrected chi connectivity index (χ0v) is 9.96. The number of nitrogens with zero attached hydrogens (tertiary/aromatic N) is 1. The summed E-state index contributed by atoms with van der Waals surface area (Å²) in [6.45, 7) is 4.90. The quantitative estimate of drug-likeness (QED) is 0.623. The molecule has 0 heterocycles. The van der Waals surface area contributed by atoms with Gasteiger partial charge in [0.2, 0.25) is 0 Å². The molecule has 0 aliphatic rings. The summed E-state index contributed by atoms with van der Waals surface area (Å²) in [5.41, 5.74) is -0.762. The van der Waals surface area contributed by atoms with Crippen LogP contribution in [0.2, 0.25) is 0 Å². The summed E-state index contributed by atoms with van der Waals surface area (Å²) in [6.07, 6.45) is 1.34. The van der Waals surface area contributed by atoms with Crippen molar-refractivity contribution in [1.82, 2.24) is 15.5 Å². The third kappa shape index (κ3) is 6.06. The summed E-state index contributed by atoms with van der Waals surface area (Å²) in [7, 11) is 3.86. The second kappa shape index (κ2) is 6.40. The van der Waals surface area contributed by atoms with Gasteiger partial charge in [-0.15, -0.1) is 0 Å². The lowest BCUT2D eigenvalue weighted by Crippen LogP contribution is -2.51. The van der Waals surface area contributed by atoms with E-state index in [4.69, 9.17) is 0 Å². The highest BCUT2D eigenvalue weighted by Gasteiger charge is 2.22. The van der Waals surface area contributed by atoms with Crippen molar-refractivity contribution in [2.45, 2.75) is 25.8 Å². The van der Waals surface area contributed by atoms with E-state index in [0.717, 1.165) is 12.8 Å². The molecule has 0 aromatic rings. The van der Waals surface area contributed by atoms with E-state index in [1.54, 1.807) is 6.92 Å². The summed E-state index contributed by atoms with van der Waals surface area (Å²) < 4.78 is 0. The second-order valence-electron chi connectivity index (χ2n) is 4.07. The Morgan fingerprint density at radius 3 is 2.47 bits per heavy atom. The minimum atomic E-state index is -0.762. The van der Waals surface area contributed by atoms with Crippen LogP contribution in [0.3, 0.4) is 0 Å². The van der Waals surface area contributed by atoms with Gasteiger partial charge in [-0.1, -0.05) is 6.92 Å². The fraction of sp³-hybridized carbons (Fsp3) is 0.800. The van der Waals surface area contributed by atoms with Gasteiger partial charge in [-0.3, -0.25) is 0 Å². The van der Waals surface area contributed by atoms with Crippen molar-refractivity contribution in [3.8, 4) is 0 Å². The minimum Gasteiger partial charge on any atom is -0.337 e. The molecule has 2 amide bonds. The van der Waals surface area contributed by atoms with Crippen LogP contribution < -0.4 is 10.6 Å². The maximum Gasteiger partial charge on any atom is 0.315 e. The van der Waals surface area contributed by atoms with Gasteiger partial charge in [0.1, 0.15) is 6.29 Å². The lowest BCUT2D eigenvalue weighted by molar-refractivity contribution is -0.112. The van der Waals surface area contributed by atoms with E-state index in [1.165, 1.54) is 0 Å². The highest BCUT2D eigenvalue weighted by Crippen LogP contribution is 2.03. The van der Waals surface area contributed by atoms with Gasteiger partial charge in [0, 0.05) is 13.1 Å². The number of hydrogen-bond donors (Lipinski definition) is 2. The maximum atomic E-state index is 11.4. The molecule has 0 aromatic heterocycles. The normalized spacial score (nSPS) is 14.5. The first kappa shape index (κ1) is 13.9. The molecule has 88 valence electrons. The highest BCUT2D eigenvalue weighted by atomic mass is 16.2. The Hall–Kier alpha value is -1.10. The molecular formula is C10H21N3O2. The molecule has 5 nitrogen and oxygen atoms in total. The lowest BCUT2D eigenvalue weighted by atomic mass is 10.0. The van der Waals surface area contributed by atoms with Crippen LogP contribution in [-0.4, -0.2) is 49.9 Å². The Labute approximate surface area is 91.2 Å². The number of carbonyl (C=O) groups is 2. The fourth-order valence-corrected chi connectivity index (χ4v) is 0.898. The SMILES string of the molecule is CC[C@](C)(C=O)NC(=O)NCCN(C)C. The van der Waals surface area contributed by atoms with Crippen LogP contribution in [0.1, 0.15) is 20.3 Å². The Kier molecular flexibility index (Phi) is 5.93. The molecule has 5 heteroatoms. The predicted molar refractivity (Wildman–Crippen MR) is 59.8 cm³/mol. The second-order valence-corrected chi connectivity index (χ2v) is 4.07. The average Bonchev–Trinajstić information content (AvgIpc) is 2.17. The third-order valence-electron chi connectivity index (χ3n) is 2.24. The van der Waals surface area contributed by atoms with E-state index in [0.29, 0.717) is 13.0 Å². The largest absolute Gasteiger partial charge is 0.337 e. The van der Waals surface area contributed by atoms with E-state index in [-0.39, 0.29) is 6.03 Å². The van der Waals surface area contributed by atoms with Crippen molar-refractivity contribution in [3.05, 3.63) is 0 Å². The Bertz CT molecular complexity index is 219. The van der Waals surface area contributed by atoms with Crippen molar-refractivity contribution in [1.29, 1.82) is 0 Å². The third-order valence-corrected chi connectivity index (χ3v) is 2.24. The molecule has 0 unspecified atom stereocenters. The molecule has 1 atom stereocenters. The molecule has 0 radical (unpaired) electrons. The Balaban J connectivity index is 3.87. The van der Waals surface area contributed by atoms with Crippen molar-refractivity contribution >= 4 is 12.3 Å². The number of nitrogens with one attached hydrogen (secondary N) is 2. The van der Waals surface area contributed by atoms with Gasteiger partial charge in [0.25, 0.3) is 0 Å². The average molecular weight is 215 g/mol. The topological polar surface area (TPSA) is 61.4 Å². The Morgan fingerprint density at radius 1 is 1.47 bits per heavy atom. The van der Waals surface area contributed by atoms with Crippen molar-refractivity contribution in [2.24, 2.45) is 0 Å². The number of hydrogen-bond acceptors (Lipinski definition) is 3. The van der Waals surface area contributed by atoms with E-state index in [1.807, 2.05) is 25.9 Å². The van der Waals surface area contributed by atoms with E-state index >= 15 is 0 Å². The smallest absolute Gasteiger partial charge is 0.315 e. The molecular weight excluding hydrogens is 194 g/mol. The van der Waals surface area contributed by atoms with E-state index in [9.17, 15) is 9.59 Å². The molecule has 2 N–H and O–H groups in total. The summed E-state index contributed by atoms with van der Waals surface area (Å²) in [6, 6.07) is -0.298. The molecule has 0 fully saturated rings. The number of carbonyl (C=O) groups excluding carboxylic acids is 2. The van der Waals surface area contributed by atoms with Crippen LogP contribution in [0.15, 0.2) is 0 Å². The Morgan fingerprint density at radius 2 is 2.07 bits per heavy atom. The summed E-state index contributed by atoms with van der Waals surface area (Å²) in [5, 5.41) is 5.32. The molecule has 0 aliphatic heterocycles. The van der Waals surface area contributed by atoms with Crippen LogP contribution in [0, 0.1) is 0 Å². The summed E-state index contributed by atoms with van der Waals surface area (Å²) in [4.78, 5) is 24.1. The number of amides is 2. The van der Waals surface area contributed by atoms with Gasteiger partial charge in [-0.05, 0) is 27.4 Å². The fourth-order valence-electron chi connectivity index (χ4n) is 0.898. The first-order chi connectivity index (χ1) is 6.93. The van der Waals surface area contributed by atoms with E-state index in [2.05, 4.69) is 10.6 Å². The van der Waals surface area contributed by atoms with Gasteiger partial charge in [0.05, 0.1) is 5.54 Å². The molecule has 15 heavy (non-hydrogen) atoms. The molecule has 0 saturated heterocycles. The van der Waals surface area contributed by atoms with Crippen LogP contribution >= 0.6 is 0 Å². The zero-order valence-electron chi connectivity index (χ0n) is 9.96. The first-order valence-electron chi connectivity index (χ1n) is 5.10. The summed E-state index contributed by atoms with van der Waals surface area (Å²) >= 11 is 0. The van der Waals surface area contributed by atoms with Crippen LogP contribution in [0.25, 0.3) is 0 Å². The number of urea groups is 1. The molecule has 0 spiro atoms. The van der Waals surface area contributed by atoms with Gasteiger partial charge >= 0.3 is 6.03 Å². The van der Waals surface area contributed by atoms with Gasteiger partial charge in [-0.25, -0.2) is 4.79 Å². The highest BCUT2D eigenvalue weighted by molar-refractivity contribution is 5.80. The number of rotatable bonds is 6. The molecule has 0 bridgehead atoms. The molecule has 0 rings (SSSR count). The monoisotopic (exact) mass is 215 g/mol. The number of aldehydes is 1. The standard InChI is InChI=1S/C10H21N3O2/c1-5-10(2,8-14)12-9(15)11-6-7-13(3)4/h8H,5-7H2,1-4H3,(H2,11,12,15)/t10-/m1/s1. The zero-order chi connectivity index (χ0) is 11.9. The van der Waals surface area contributed by atoms with Crippen LogP contribution in [0.4, 0.5) is 4.79 Å². The van der Waals surface area contributed by atoms with Gasteiger partial charge < -0.3 is 20.3 Å². The predicted octanol–water partition coefficient (Wildman–Crippen LogP) is 0.215. The minimum absolute atomic E-state index is 0.298. The van der Waals surface area contributed by atoms with Crippen LogP contribution in [0.5, 0.6) is 0 Å². The summed E-state index contributed by atoms with van der Waals surface area (Å²) in [5.74, 6) is 0. The van der Waals surface area contributed by atoms with E-state index < -0.39 is 5.54 Å². The van der Waals surface area contributed by atoms with Gasteiger partial charge in [0.15, 0.2) is 0 Å². The molecule has 0 saturated carbocycles. The molecule has 0 aromatic carbocycles. The van der Waals surface area contributed by atoms with Crippen molar-refractivity contribution in [2.75, 3.05) is 27.2 Å². The van der Waals surface area contributed by atoms with Crippen molar-refractivity contribution < 1.29 is 9.59 Å². The van der Waals surface area contributed by atoms with Crippen molar-refractivity contribution in [3.63, 3.8) is 0 Å².